The van der Waals surface area contributed by atoms with E-state index in [0.29, 0.717) is 5.56 Å². The summed E-state index contributed by atoms with van der Waals surface area (Å²) in [6.07, 6.45) is -0.419. The largest absolute Gasteiger partial charge is 0.508 e. The van der Waals surface area contributed by atoms with Crippen LogP contribution in [0.2, 0.25) is 0 Å². The highest BCUT2D eigenvalue weighted by Crippen LogP contribution is 2.24. The first kappa shape index (κ1) is 11.5. The minimum Gasteiger partial charge on any atom is -0.508 e. The molecule has 0 aliphatic rings. The summed E-state index contributed by atoms with van der Waals surface area (Å²) in [5.74, 6) is 0.209. The van der Waals surface area contributed by atoms with E-state index in [4.69, 9.17) is 5.73 Å². The zero-order chi connectivity index (χ0) is 12.3. The molecule has 0 saturated carbocycles. The molecule has 17 heavy (non-hydrogen) atoms. The number of hydrogen-bond donors (Lipinski definition) is 3. The molecule has 0 bridgehead atoms. The van der Waals surface area contributed by atoms with E-state index < -0.39 is 6.17 Å². The van der Waals surface area contributed by atoms with Crippen LogP contribution in [0.15, 0.2) is 48.5 Å². The predicted molar refractivity (Wildman–Crippen MR) is 69.8 cm³/mol. The van der Waals surface area contributed by atoms with Crippen molar-refractivity contribution in [1.82, 2.24) is 0 Å². The van der Waals surface area contributed by atoms with Gasteiger partial charge in [0.05, 0.1) is 0 Å². The van der Waals surface area contributed by atoms with Gasteiger partial charge in [-0.05, 0) is 24.6 Å². The van der Waals surface area contributed by atoms with Crippen LogP contribution in [0.1, 0.15) is 17.3 Å². The summed E-state index contributed by atoms with van der Waals surface area (Å²) in [5, 5.41) is 12.9. The minimum absolute atomic E-state index is 0.209. The Kier molecular flexibility index (Phi) is 3.30. The summed E-state index contributed by atoms with van der Waals surface area (Å²) >= 11 is 0. The predicted octanol–water partition coefficient (Wildman–Crippen LogP) is 2.77. The van der Waals surface area contributed by atoms with Crippen LogP contribution in [0.3, 0.4) is 0 Å². The molecule has 0 radical (unpaired) electrons. The number of anilines is 1. The summed E-state index contributed by atoms with van der Waals surface area (Å²) in [4.78, 5) is 0. The van der Waals surface area contributed by atoms with Crippen molar-refractivity contribution in [2.45, 2.75) is 13.1 Å². The zero-order valence-corrected chi connectivity index (χ0v) is 9.72. The zero-order valence-electron chi connectivity index (χ0n) is 9.72. The second-order valence-electron chi connectivity index (χ2n) is 4.00. The number of para-hydroxylation sites is 2. The second kappa shape index (κ2) is 4.89. The van der Waals surface area contributed by atoms with E-state index in [2.05, 4.69) is 5.32 Å². The van der Waals surface area contributed by atoms with Crippen molar-refractivity contribution in [1.29, 1.82) is 0 Å². The van der Waals surface area contributed by atoms with Crippen LogP contribution in [0.4, 0.5) is 5.69 Å². The maximum absolute atomic E-state index is 9.71. The minimum atomic E-state index is -0.419. The van der Waals surface area contributed by atoms with Gasteiger partial charge in [-0.1, -0.05) is 36.4 Å². The topological polar surface area (TPSA) is 58.3 Å². The molecule has 0 fully saturated rings. The van der Waals surface area contributed by atoms with Gasteiger partial charge in [-0.25, -0.2) is 0 Å². The maximum Gasteiger partial charge on any atom is 0.122 e. The molecule has 0 saturated heterocycles. The molecule has 88 valence electrons. The summed E-state index contributed by atoms with van der Waals surface area (Å²) in [6, 6.07) is 15.0. The number of phenols is 1. The van der Waals surface area contributed by atoms with Gasteiger partial charge in [0.1, 0.15) is 11.9 Å². The maximum atomic E-state index is 9.71. The molecular formula is C14H16N2O. The first-order chi connectivity index (χ1) is 8.18. The number of aryl methyl sites for hydroxylation is 1. The SMILES string of the molecule is Cc1ccccc1NC(N)c1ccccc1O. The number of nitrogens with one attached hydrogen (secondary N) is 1. The Morgan fingerprint density at radius 3 is 2.41 bits per heavy atom. The summed E-state index contributed by atoms with van der Waals surface area (Å²) in [6.45, 7) is 2.01. The average molecular weight is 228 g/mol. The summed E-state index contributed by atoms with van der Waals surface area (Å²) in [5.41, 5.74) is 8.81. The fraction of sp³-hybridized carbons (Fsp3) is 0.143. The smallest absolute Gasteiger partial charge is 0.122 e. The Hall–Kier alpha value is -2.00. The molecule has 1 unspecified atom stereocenters. The Balaban J connectivity index is 2.20. The third kappa shape index (κ3) is 2.57. The Morgan fingerprint density at radius 1 is 1.06 bits per heavy atom. The van der Waals surface area contributed by atoms with Crippen LogP contribution >= 0.6 is 0 Å². The van der Waals surface area contributed by atoms with Gasteiger partial charge in [-0.15, -0.1) is 0 Å². The molecule has 3 heteroatoms. The lowest BCUT2D eigenvalue weighted by Gasteiger charge is -2.18. The number of nitrogens with two attached hydrogens (primary N) is 1. The Morgan fingerprint density at radius 2 is 1.71 bits per heavy atom. The number of aromatic hydroxyl groups is 1. The molecule has 0 aromatic heterocycles. The van der Waals surface area contributed by atoms with Crippen molar-refractivity contribution in [3.63, 3.8) is 0 Å². The normalized spacial score (nSPS) is 12.1. The van der Waals surface area contributed by atoms with Gasteiger partial charge in [0.15, 0.2) is 0 Å². The van der Waals surface area contributed by atoms with E-state index in [9.17, 15) is 5.11 Å². The first-order valence-corrected chi connectivity index (χ1v) is 5.54. The molecule has 0 spiro atoms. The van der Waals surface area contributed by atoms with Gasteiger partial charge in [-0.3, -0.25) is 0 Å². The monoisotopic (exact) mass is 228 g/mol. The highest BCUT2D eigenvalue weighted by molar-refractivity contribution is 5.52. The van der Waals surface area contributed by atoms with Crippen LogP contribution < -0.4 is 11.1 Å². The summed E-state index contributed by atoms with van der Waals surface area (Å²) < 4.78 is 0. The lowest BCUT2D eigenvalue weighted by molar-refractivity contribution is 0.464. The highest BCUT2D eigenvalue weighted by Gasteiger charge is 2.10. The highest BCUT2D eigenvalue weighted by atomic mass is 16.3. The van der Waals surface area contributed by atoms with Crippen LogP contribution in [0.5, 0.6) is 5.75 Å². The van der Waals surface area contributed by atoms with Gasteiger partial charge in [0, 0.05) is 11.3 Å². The van der Waals surface area contributed by atoms with Crippen LogP contribution in [-0.2, 0) is 0 Å². The molecule has 0 aliphatic carbocycles. The Labute approximate surface area is 101 Å². The standard InChI is InChI=1S/C14H16N2O/c1-10-6-2-4-8-12(10)16-14(15)11-7-3-5-9-13(11)17/h2-9,14,16-17H,15H2,1H3. The lowest BCUT2D eigenvalue weighted by Crippen LogP contribution is -2.20. The van der Waals surface area contributed by atoms with Crippen molar-refractivity contribution >= 4 is 5.69 Å². The molecule has 0 amide bonds. The fourth-order valence-electron chi connectivity index (χ4n) is 1.73. The first-order valence-electron chi connectivity index (χ1n) is 5.54. The molecule has 4 N–H and O–H groups in total. The van der Waals surface area contributed by atoms with Crippen molar-refractivity contribution < 1.29 is 5.11 Å². The van der Waals surface area contributed by atoms with Gasteiger partial charge < -0.3 is 16.2 Å². The van der Waals surface area contributed by atoms with Crippen molar-refractivity contribution in [3.8, 4) is 5.75 Å². The number of hydrogen-bond acceptors (Lipinski definition) is 3. The van der Waals surface area contributed by atoms with Crippen LogP contribution in [0.25, 0.3) is 0 Å². The van der Waals surface area contributed by atoms with Crippen LogP contribution in [-0.4, -0.2) is 5.11 Å². The van der Waals surface area contributed by atoms with E-state index in [1.165, 1.54) is 0 Å². The van der Waals surface area contributed by atoms with Crippen LogP contribution in [0, 0.1) is 6.92 Å². The third-order valence-electron chi connectivity index (χ3n) is 2.73. The Bertz CT molecular complexity index is 511. The van der Waals surface area contributed by atoms with E-state index in [-0.39, 0.29) is 5.75 Å². The van der Waals surface area contributed by atoms with E-state index >= 15 is 0 Å². The second-order valence-corrected chi connectivity index (χ2v) is 4.00. The lowest BCUT2D eigenvalue weighted by atomic mass is 10.1. The fourth-order valence-corrected chi connectivity index (χ4v) is 1.73. The van der Waals surface area contributed by atoms with Gasteiger partial charge in [-0.2, -0.15) is 0 Å². The van der Waals surface area contributed by atoms with E-state index in [1.807, 2.05) is 43.3 Å². The molecule has 2 aromatic rings. The van der Waals surface area contributed by atoms with E-state index in [0.717, 1.165) is 11.3 Å². The van der Waals surface area contributed by atoms with E-state index in [1.54, 1.807) is 12.1 Å². The molecule has 0 heterocycles. The third-order valence-corrected chi connectivity index (χ3v) is 2.73. The molecule has 3 nitrogen and oxygen atoms in total. The number of rotatable bonds is 3. The molecular weight excluding hydrogens is 212 g/mol. The van der Waals surface area contributed by atoms with Crippen molar-refractivity contribution in [2.75, 3.05) is 5.32 Å². The molecule has 1 atom stereocenters. The van der Waals surface area contributed by atoms with Gasteiger partial charge in [0.2, 0.25) is 0 Å². The van der Waals surface area contributed by atoms with Gasteiger partial charge in [0.25, 0.3) is 0 Å². The number of phenolic OH excluding ortho intramolecular Hbond substituents is 1. The quantitative estimate of drug-likeness (QED) is 0.708. The van der Waals surface area contributed by atoms with Gasteiger partial charge >= 0.3 is 0 Å². The molecule has 0 aliphatic heterocycles. The summed E-state index contributed by atoms with van der Waals surface area (Å²) in [7, 11) is 0. The van der Waals surface area contributed by atoms with Crippen molar-refractivity contribution in [2.24, 2.45) is 5.73 Å². The average Bonchev–Trinajstić information content (AvgIpc) is 2.32. The molecule has 2 rings (SSSR count). The van der Waals surface area contributed by atoms with Crippen molar-refractivity contribution in [3.05, 3.63) is 59.7 Å². The molecule has 2 aromatic carbocycles. The number of benzene rings is 2.